The summed E-state index contributed by atoms with van der Waals surface area (Å²) < 4.78 is 10.9. The van der Waals surface area contributed by atoms with Crippen molar-refractivity contribution in [2.45, 2.75) is 38.5 Å². The normalized spacial score (nSPS) is 26.6. The first-order valence-electron chi connectivity index (χ1n) is 6.29. The SMILES string of the molecule is CC1CCC(Oc2nccc3c2COC3=O)CN1. The molecule has 1 fully saturated rings. The average molecular weight is 248 g/mol. The summed E-state index contributed by atoms with van der Waals surface area (Å²) in [7, 11) is 0. The molecule has 2 atom stereocenters. The molecule has 0 bridgehead atoms. The summed E-state index contributed by atoms with van der Waals surface area (Å²) in [5, 5.41) is 3.38. The van der Waals surface area contributed by atoms with Crippen LogP contribution in [0, 0.1) is 0 Å². The van der Waals surface area contributed by atoms with Crippen LogP contribution in [-0.2, 0) is 11.3 Å². The van der Waals surface area contributed by atoms with E-state index in [0.29, 0.717) is 17.5 Å². The van der Waals surface area contributed by atoms with Crippen LogP contribution in [0.1, 0.15) is 35.7 Å². The largest absolute Gasteiger partial charge is 0.473 e. The lowest BCUT2D eigenvalue weighted by Gasteiger charge is -2.28. The first-order chi connectivity index (χ1) is 8.74. The summed E-state index contributed by atoms with van der Waals surface area (Å²) in [6, 6.07) is 2.22. The van der Waals surface area contributed by atoms with Gasteiger partial charge in [0.05, 0.1) is 11.1 Å². The Morgan fingerprint density at radius 2 is 2.39 bits per heavy atom. The van der Waals surface area contributed by atoms with Crippen LogP contribution in [0.3, 0.4) is 0 Å². The zero-order valence-corrected chi connectivity index (χ0v) is 10.3. The van der Waals surface area contributed by atoms with Crippen molar-refractivity contribution >= 4 is 5.97 Å². The zero-order valence-electron chi connectivity index (χ0n) is 10.3. The van der Waals surface area contributed by atoms with Crippen LogP contribution in [0.15, 0.2) is 12.3 Å². The van der Waals surface area contributed by atoms with E-state index in [1.165, 1.54) is 0 Å². The van der Waals surface area contributed by atoms with Crippen molar-refractivity contribution in [1.82, 2.24) is 10.3 Å². The van der Waals surface area contributed by atoms with Gasteiger partial charge in [0.2, 0.25) is 5.88 Å². The third-order valence-electron chi connectivity index (χ3n) is 3.48. The second-order valence-corrected chi connectivity index (χ2v) is 4.84. The molecule has 1 N–H and O–H groups in total. The van der Waals surface area contributed by atoms with E-state index in [2.05, 4.69) is 17.2 Å². The molecule has 1 aromatic heterocycles. The maximum Gasteiger partial charge on any atom is 0.339 e. The molecular weight excluding hydrogens is 232 g/mol. The maximum absolute atomic E-state index is 11.4. The van der Waals surface area contributed by atoms with E-state index in [4.69, 9.17) is 9.47 Å². The fourth-order valence-electron chi connectivity index (χ4n) is 2.35. The molecule has 0 aliphatic carbocycles. The molecule has 2 aliphatic rings. The van der Waals surface area contributed by atoms with Gasteiger partial charge < -0.3 is 14.8 Å². The molecule has 0 aromatic carbocycles. The van der Waals surface area contributed by atoms with Crippen molar-refractivity contribution in [1.29, 1.82) is 0 Å². The fourth-order valence-corrected chi connectivity index (χ4v) is 2.35. The molecular formula is C13H16N2O3. The Hall–Kier alpha value is -1.62. The van der Waals surface area contributed by atoms with Crippen molar-refractivity contribution in [3.63, 3.8) is 0 Å². The first-order valence-corrected chi connectivity index (χ1v) is 6.29. The molecule has 2 aliphatic heterocycles. The van der Waals surface area contributed by atoms with Crippen LogP contribution in [0.5, 0.6) is 5.88 Å². The van der Waals surface area contributed by atoms with Crippen LogP contribution in [0.4, 0.5) is 0 Å². The van der Waals surface area contributed by atoms with Gasteiger partial charge in [0.25, 0.3) is 0 Å². The molecule has 5 heteroatoms. The number of aromatic nitrogens is 1. The van der Waals surface area contributed by atoms with Gasteiger partial charge in [0, 0.05) is 18.8 Å². The number of piperidine rings is 1. The van der Waals surface area contributed by atoms with E-state index in [1.54, 1.807) is 12.3 Å². The molecule has 0 radical (unpaired) electrons. The number of cyclic esters (lactones) is 1. The predicted octanol–water partition coefficient (Wildman–Crippen LogP) is 1.27. The highest BCUT2D eigenvalue weighted by molar-refractivity contribution is 5.93. The van der Waals surface area contributed by atoms with E-state index < -0.39 is 0 Å². The Morgan fingerprint density at radius 1 is 1.50 bits per heavy atom. The highest BCUT2D eigenvalue weighted by atomic mass is 16.5. The van der Waals surface area contributed by atoms with Gasteiger partial charge in [-0.15, -0.1) is 0 Å². The molecule has 0 spiro atoms. The van der Waals surface area contributed by atoms with Gasteiger partial charge in [0.15, 0.2) is 0 Å². The minimum Gasteiger partial charge on any atom is -0.473 e. The molecule has 1 aromatic rings. The van der Waals surface area contributed by atoms with Crippen molar-refractivity contribution in [2.24, 2.45) is 0 Å². The Labute approximate surface area is 105 Å². The van der Waals surface area contributed by atoms with E-state index >= 15 is 0 Å². The smallest absolute Gasteiger partial charge is 0.339 e. The lowest BCUT2D eigenvalue weighted by Crippen LogP contribution is -2.42. The van der Waals surface area contributed by atoms with Gasteiger partial charge in [-0.3, -0.25) is 0 Å². The van der Waals surface area contributed by atoms with E-state index in [0.717, 1.165) is 24.9 Å². The first kappa shape index (κ1) is 11.5. The summed E-state index contributed by atoms with van der Waals surface area (Å²) in [6.07, 6.45) is 3.82. The molecule has 0 saturated carbocycles. The number of nitrogens with zero attached hydrogens (tertiary/aromatic N) is 1. The zero-order chi connectivity index (χ0) is 12.5. The highest BCUT2D eigenvalue weighted by Crippen LogP contribution is 2.28. The Morgan fingerprint density at radius 3 is 3.17 bits per heavy atom. The average Bonchev–Trinajstić information content (AvgIpc) is 2.76. The van der Waals surface area contributed by atoms with Gasteiger partial charge in [-0.25, -0.2) is 9.78 Å². The summed E-state index contributed by atoms with van der Waals surface area (Å²) in [6.45, 7) is 3.26. The third-order valence-corrected chi connectivity index (χ3v) is 3.48. The molecule has 3 rings (SSSR count). The second kappa shape index (κ2) is 4.57. The van der Waals surface area contributed by atoms with Gasteiger partial charge in [0.1, 0.15) is 12.7 Å². The fraction of sp³-hybridized carbons (Fsp3) is 0.538. The number of carbonyl (C=O) groups is 1. The number of hydrogen-bond acceptors (Lipinski definition) is 5. The Balaban J connectivity index is 1.76. The van der Waals surface area contributed by atoms with Crippen LogP contribution >= 0.6 is 0 Å². The molecule has 2 unspecified atom stereocenters. The van der Waals surface area contributed by atoms with Gasteiger partial charge in [-0.05, 0) is 25.8 Å². The van der Waals surface area contributed by atoms with Gasteiger partial charge >= 0.3 is 5.97 Å². The number of ether oxygens (including phenoxy) is 2. The van der Waals surface area contributed by atoms with Crippen molar-refractivity contribution in [3.05, 3.63) is 23.4 Å². The van der Waals surface area contributed by atoms with Crippen LogP contribution in [0.2, 0.25) is 0 Å². The number of esters is 1. The van der Waals surface area contributed by atoms with Crippen molar-refractivity contribution < 1.29 is 14.3 Å². The summed E-state index contributed by atoms with van der Waals surface area (Å²) in [5.41, 5.74) is 1.36. The van der Waals surface area contributed by atoms with Crippen LogP contribution < -0.4 is 10.1 Å². The number of pyridine rings is 1. The number of hydrogen-bond donors (Lipinski definition) is 1. The summed E-state index contributed by atoms with van der Waals surface area (Å²) in [4.78, 5) is 15.7. The lowest BCUT2D eigenvalue weighted by molar-refractivity contribution is 0.0532. The minimum atomic E-state index is -0.285. The van der Waals surface area contributed by atoms with Crippen LogP contribution in [0.25, 0.3) is 0 Å². The van der Waals surface area contributed by atoms with Crippen molar-refractivity contribution in [2.75, 3.05) is 6.54 Å². The molecule has 18 heavy (non-hydrogen) atoms. The predicted molar refractivity (Wildman–Crippen MR) is 64.5 cm³/mol. The number of nitrogens with one attached hydrogen (secondary N) is 1. The number of rotatable bonds is 2. The van der Waals surface area contributed by atoms with E-state index in [9.17, 15) is 4.79 Å². The highest BCUT2D eigenvalue weighted by Gasteiger charge is 2.27. The van der Waals surface area contributed by atoms with Crippen LogP contribution in [-0.4, -0.2) is 29.6 Å². The van der Waals surface area contributed by atoms with Gasteiger partial charge in [-0.1, -0.05) is 0 Å². The molecule has 1 saturated heterocycles. The Kier molecular flexibility index (Phi) is 2.91. The topological polar surface area (TPSA) is 60.5 Å². The van der Waals surface area contributed by atoms with E-state index in [-0.39, 0.29) is 18.7 Å². The summed E-state index contributed by atoms with van der Waals surface area (Å²) >= 11 is 0. The number of fused-ring (bicyclic) bond motifs is 1. The van der Waals surface area contributed by atoms with Crippen molar-refractivity contribution in [3.8, 4) is 5.88 Å². The third kappa shape index (κ3) is 2.06. The molecule has 0 amide bonds. The van der Waals surface area contributed by atoms with Gasteiger partial charge in [-0.2, -0.15) is 0 Å². The molecule has 96 valence electrons. The standard InChI is InChI=1S/C13H16N2O3/c1-8-2-3-9(6-15-8)18-12-11-7-17-13(16)10(11)4-5-14-12/h4-5,8-9,15H,2-3,6-7H2,1H3. The minimum absolute atomic E-state index is 0.121. The quantitative estimate of drug-likeness (QED) is 0.799. The lowest BCUT2D eigenvalue weighted by atomic mass is 10.0. The maximum atomic E-state index is 11.4. The molecule has 5 nitrogen and oxygen atoms in total. The Bertz CT molecular complexity index is 467. The van der Waals surface area contributed by atoms with E-state index in [1.807, 2.05) is 0 Å². The monoisotopic (exact) mass is 248 g/mol. The number of carbonyl (C=O) groups excluding carboxylic acids is 1. The second-order valence-electron chi connectivity index (χ2n) is 4.84. The summed E-state index contributed by atoms with van der Waals surface area (Å²) in [5.74, 6) is 0.257. The molecule has 3 heterocycles.